The van der Waals surface area contributed by atoms with Crippen LogP contribution >= 0.6 is 11.6 Å². The molecular formula is C42H34ClF10N7O9S2. The molecule has 2 aliphatic carbocycles. The first kappa shape index (κ1) is 52.4. The smallest absolute Gasteiger partial charge is 0.435 e. The van der Waals surface area contributed by atoms with E-state index in [-0.39, 0.29) is 36.9 Å². The number of aromatic nitrogens is 5. The molecule has 0 radical (unpaired) electrons. The second-order valence-electron chi connectivity index (χ2n) is 17.0. The topological polar surface area (TPSA) is 213 Å². The number of alkyl halides is 8. The minimum atomic E-state index is -5.24. The number of amides is 1. The second-order valence-corrected chi connectivity index (χ2v) is 21.9. The minimum Gasteiger partial charge on any atom is -0.473 e. The molecule has 1 amide bonds. The molecule has 3 aromatic heterocycles. The van der Waals surface area contributed by atoms with Crippen molar-refractivity contribution in [2.24, 2.45) is 5.92 Å². The number of anilines is 1. The lowest BCUT2D eigenvalue weighted by molar-refractivity contribution is -0.163. The van der Waals surface area contributed by atoms with Crippen molar-refractivity contribution < 1.29 is 85.0 Å². The number of esters is 1. The average molecular weight is 1070 g/mol. The number of aliphatic carboxylic acids is 1. The highest BCUT2D eigenvalue weighted by molar-refractivity contribution is 7.92. The molecule has 0 bridgehead atoms. The number of pyridine rings is 1. The molecule has 0 saturated heterocycles. The minimum absolute atomic E-state index is 0.116. The van der Waals surface area contributed by atoms with Gasteiger partial charge in [-0.2, -0.15) is 45.3 Å². The molecule has 1 fully saturated rings. The fourth-order valence-electron chi connectivity index (χ4n) is 7.93. The summed E-state index contributed by atoms with van der Waals surface area (Å²) in [7, 11) is -8.68. The normalized spacial score (nSPS) is 16.9. The Morgan fingerprint density at radius 3 is 2.18 bits per heavy atom. The van der Waals surface area contributed by atoms with Crippen molar-refractivity contribution in [3.05, 3.63) is 93.0 Å². The van der Waals surface area contributed by atoms with E-state index in [0.29, 0.717) is 12.3 Å². The molecule has 3 atom stereocenters. The molecule has 0 unspecified atom stereocenters. The Kier molecular flexibility index (Phi) is 13.3. The fraction of sp³-hybridized carbons (Fsp3) is 0.381. The number of halogens is 11. The van der Waals surface area contributed by atoms with Crippen LogP contribution in [0, 0.1) is 29.4 Å². The Labute approximate surface area is 399 Å². The Hall–Kier alpha value is -6.47. The summed E-state index contributed by atoms with van der Waals surface area (Å²) in [6, 6.07) is 4.53. The Morgan fingerprint density at radius 1 is 0.972 bits per heavy atom. The molecule has 0 spiro atoms. The van der Waals surface area contributed by atoms with Crippen molar-refractivity contribution in [2.45, 2.75) is 74.8 Å². The Bertz CT molecular complexity index is 3330. The predicted molar refractivity (Wildman–Crippen MR) is 229 cm³/mol. The number of hydrogen-bond acceptors (Lipinski definition) is 11. The van der Waals surface area contributed by atoms with Gasteiger partial charge < -0.3 is 15.2 Å². The van der Waals surface area contributed by atoms with Gasteiger partial charge in [-0.1, -0.05) is 23.6 Å². The molecule has 2 aliphatic rings. The molecule has 0 aliphatic heterocycles. The van der Waals surface area contributed by atoms with E-state index in [1.807, 2.05) is 0 Å². The molecule has 5 aromatic rings. The van der Waals surface area contributed by atoms with Gasteiger partial charge in [-0.25, -0.2) is 44.5 Å². The third-order valence-electron chi connectivity index (χ3n) is 11.4. The van der Waals surface area contributed by atoms with Crippen molar-refractivity contribution in [3.63, 3.8) is 0 Å². The zero-order chi connectivity index (χ0) is 52.7. The summed E-state index contributed by atoms with van der Waals surface area (Å²) >= 11 is 6.55. The molecule has 1 saturated carbocycles. The first-order valence-electron chi connectivity index (χ1n) is 20.3. The monoisotopic (exact) mass is 1070 g/mol. The summed E-state index contributed by atoms with van der Waals surface area (Å²) in [5, 5.41) is 17.5. The van der Waals surface area contributed by atoms with Crippen LogP contribution in [0.3, 0.4) is 0 Å². The zero-order valence-corrected chi connectivity index (χ0v) is 39.1. The van der Waals surface area contributed by atoms with E-state index in [4.69, 9.17) is 16.7 Å². The van der Waals surface area contributed by atoms with Crippen LogP contribution in [0.2, 0.25) is 5.02 Å². The van der Waals surface area contributed by atoms with Crippen LogP contribution in [0.15, 0.2) is 42.5 Å². The first-order chi connectivity index (χ1) is 32.6. The van der Waals surface area contributed by atoms with Gasteiger partial charge in [-0.05, 0) is 74.4 Å². The van der Waals surface area contributed by atoms with Crippen LogP contribution in [0.5, 0.6) is 0 Å². The second kappa shape index (κ2) is 18.0. The number of nitrogens with one attached hydrogen (secondary N) is 1. The largest absolute Gasteiger partial charge is 0.473 e. The summed E-state index contributed by atoms with van der Waals surface area (Å²) in [6.45, 7) is -2.37. The third-order valence-corrected chi connectivity index (χ3v) is 14.8. The van der Waals surface area contributed by atoms with Crippen LogP contribution in [-0.2, 0) is 70.6 Å². The van der Waals surface area contributed by atoms with Gasteiger partial charge >= 0.3 is 24.3 Å². The Morgan fingerprint density at radius 2 is 1.61 bits per heavy atom. The Balaban J connectivity index is 1.48. The number of hydrogen-bond donors (Lipinski definition) is 2. The van der Waals surface area contributed by atoms with Crippen LogP contribution in [-0.4, -0.2) is 94.5 Å². The molecule has 7 rings (SSSR count). The van der Waals surface area contributed by atoms with E-state index >= 15 is 8.78 Å². The summed E-state index contributed by atoms with van der Waals surface area (Å²) in [6.07, 6.45) is -10.1. The van der Waals surface area contributed by atoms with Crippen molar-refractivity contribution >= 4 is 66.0 Å². The van der Waals surface area contributed by atoms with E-state index in [2.05, 4.69) is 37.1 Å². The summed E-state index contributed by atoms with van der Waals surface area (Å²) in [4.78, 5) is 41.7. The number of benzene rings is 2. The summed E-state index contributed by atoms with van der Waals surface area (Å²) in [5.41, 5.74) is -6.13. The maximum Gasteiger partial charge on any atom is 0.435 e. The van der Waals surface area contributed by atoms with Crippen LogP contribution in [0.1, 0.15) is 66.1 Å². The number of sulfonamides is 1. The van der Waals surface area contributed by atoms with Gasteiger partial charge in [0.15, 0.2) is 28.1 Å². The van der Waals surface area contributed by atoms with Gasteiger partial charge in [0.25, 0.3) is 5.92 Å². The van der Waals surface area contributed by atoms with Gasteiger partial charge in [0.2, 0.25) is 15.9 Å². The first-order valence-corrected chi connectivity index (χ1v) is 24.4. The lowest BCUT2D eigenvalue weighted by atomic mass is 9.93. The molecular weight excluding hydrogens is 1040 g/mol. The van der Waals surface area contributed by atoms with E-state index < -0.39 is 166 Å². The highest BCUT2D eigenvalue weighted by atomic mass is 35.5. The highest BCUT2D eigenvalue weighted by Gasteiger charge is 2.68. The van der Waals surface area contributed by atoms with Crippen molar-refractivity contribution in [2.75, 3.05) is 23.5 Å². The number of fused-ring (bicyclic) bond motifs is 4. The number of carbonyl (C=O) groups excluding carboxylic acids is 2. The molecule has 3 heterocycles. The van der Waals surface area contributed by atoms with E-state index in [1.165, 1.54) is 13.8 Å². The maximum atomic E-state index is 15.5. The number of carboxylic acid groups (broad SMARTS) is 1. The standard InChI is InChI=1S/C42H34ClF10N7O9S2/c1-39(2,70(3,65)66)10-9-22-5-6-23(24-7-8-27(43)31-33(24)59(17-40(46,47)48)57-36(31)60(71(4,67)68)18-69-38(64)37(62)63)32(54-22)28(13-19-11-20(44)14-21(45)12-19)55-29(61)16-58-35-30(34(56-58)42(51,52)53)25-15-26(25)41(35,49)50/h5-8,11-12,14,25-26,28H,13,15-18H2,1-4H3,(H,55,61)(H,62,63)/t25-,26+,28-/m0/s1. The lowest BCUT2D eigenvalue weighted by Crippen LogP contribution is -2.35. The molecule has 2 aromatic carbocycles. The third kappa shape index (κ3) is 10.6. The van der Waals surface area contributed by atoms with Gasteiger partial charge in [-0.3, -0.25) is 14.2 Å². The van der Waals surface area contributed by atoms with Gasteiger partial charge in [-0.15, -0.1) is 0 Å². The average Bonchev–Trinajstić information content (AvgIpc) is 3.73. The van der Waals surface area contributed by atoms with Gasteiger partial charge in [0, 0.05) is 34.9 Å². The quantitative estimate of drug-likeness (QED) is 0.0418. The van der Waals surface area contributed by atoms with Crippen molar-refractivity contribution in [1.82, 2.24) is 29.9 Å². The van der Waals surface area contributed by atoms with Crippen LogP contribution < -0.4 is 9.62 Å². The molecule has 2 N–H and O–H groups in total. The van der Waals surface area contributed by atoms with E-state index in [0.717, 1.165) is 42.7 Å². The number of ether oxygens (including phenoxy) is 1. The number of carbonyl (C=O) groups is 3. The van der Waals surface area contributed by atoms with E-state index in [9.17, 15) is 66.3 Å². The van der Waals surface area contributed by atoms with Gasteiger partial charge in [0.05, 0.1) is 33.9 Å². The van der Waals surface area contributed by atoms with Crippen LogP contribution in [0.25, 0.3) is 22.0 Å². The van der Waals surface area contributed by atoms with Crippen molar-refractivity contribution in [3.8, 4) is 23.0 Å². The molecule has 380 valence electrons. The molecule has 16 nitrogen and oxygen atoms in total. The number of carboxylic acids is 1. The molecule has 29 heteroatoms. The van der Waals surface area contributed by atoms with Crippen molar-refractivity contribution in [1.29, 1.82) is 0 Å². The number of nitrogens with zero attached hydrogens (tertiary/aromatic N) is 6. The highest BCUT2D eigenvalue weighted by Crippen LogP contribution is 2.68. The summed E-state index contributed by atoms with van der Waals surface area (Å²) in [5.74, 6) is -10.3. The van der Waals surface area contributed by atoms with E-state index in [1.54, 1.807) is 0 Å². The number of rotatable bonds is 13. The fourth-order valence-corrected chi connectivity index (χ4v) is 9.08. The maximum absolute atomic E-state index is 15.5. The van der Waals surface area contributed by atoms with Crippen LogP contribution in [0.4, 0.5) is 49.7 Å². The lowest BCUT2D eigenvalue weighted by Gasteiger charge is -2.23. The summed E-state index contributed by atoms with van der Waals surface area (Å²) < 4.78 is 201. The van der Waals surface area contributed by atoms with Gasteiger partial charge in [0.1, 0.15) is 40.9 Å². The predicted octanol–water partition coefficient (Wildman–Crippen LogP) is 6.64. The number of sulfone groups is 1. The SMILES string of the molecule is CC(C)(C#Cc1ccc(-c2ccc(Cl)c3c(N(COC(=O)C(=O)O)S(C)(=O)=O)nn(CC(F)(F)F)c23)c([C@H](Cc2cc(F)cc(F)c2)NC(=O)Cn2nc(C(F)(F)F)c3c2C(F)(F)[C@@H]2C[C@H]32)n1)S(C)(=O)=O. The molecule has 71 heavy (non-hydrogen) atoms. The zero-order valence-electron chi connectivity index (χ0n) is 36.7.